The van der Waals surface area contributed by atoms with Crippen molar-refractivity contribution in [3.05, 3.63) is 17.5 Å². The zero-order chi connectivity index (χ0) is 10.3. The first-order chi connectivity index (χ1) is 7.33. The molecule has 2 aromatic rings. The van der Waals surface area contributed by atoms with Crippen molar-refractivity contribution in [1.82, 2.24) is 15.0 Å². The molecule has 15 heavy (non-hydrogen) atoms. The number of H-pyrrole nitrogens is 1. The van der Waals surface area contributed by atoms with E-state index < -0.39 is 0 Å². The van der Waals surface area contributed by atoms with Crippen LogP contribution in [-0.4, -0.2) is 21.0 Å². The van der Waals surface area contributed by atoms with Gasteiger partial charge in [-0.05, 0) is 36.9 Å². The molecule has 1 fully saturated rings. The quantitative estimate of drug-likeness (QED) is 0.768. The van der Waals surface area contributed by atoms with Crippen LogP contribution in [0.2, 0.25) is 5.28 Å². The Kier molecular flexibility index (Phi) is 2.02. The average Bonchev–Trinajstić information content (AvgIpc) is 2.58. The number of aromatic nitrogens is 3. The Morgan fingerprint density at radius 1 is 1.40 bits per heavy atom. The third kappa shape index (κ3) is 1.55. The number of nitrogens with one attached hydrogen (secondary N) is 2. The van der Waals surface area contributed by atoms with Gasteiger partial charge in [0, 0.05) is 12.2 Å². The summed E-state index contributed by atoms with van der Waals surface area (Å²) in [7, 11) is 0. The molecular weight excluding hydrogens is 212 g/mol. The van der Waals surface area contributed by atoms with Crippen molar-refractivity contribution in [3.63, 3.8) is 0 Å². The molecule has 0 bridgehead atoms. The Morgan fingerprint density at radius 2 is 2.27 bits per heavy atom. The van der Waals surface area contributed by atoms with E-state index in [1.54, 1.807) is 0 Å². The molecule has 5 heteroatoms. The summed E-state index contributed by atoms with van der Waals surface area (Å²) in [5, 5.41) is 3.68. The number of hydrogen-bond donors (Lipinski definition) is 2. The van der Waals surface area contributed by atoms with Crippen LogP contribution in [0, 0.1) is 0 Å². The highest BCUT2D eigenvalue weighted by Gasteiger charge is 2.19. The predicted molar refractivity (Wildman–Crippen MR) is 60.2 cm³/mol. The molecule has 2 heterocycles. The van der Waals surface area contributed by atoms with Gasteiger partial charge in [0.15, 0.2) is 5.82 Å². The van der Waals surface area contributed by atoms with Gasteiger partial charge in [-0.3, -0.25) is 0 Å². The van der Waals surface area contributed by atoms with E-state index in [-0.39, 0.29) is 0 Å². The largest absolute Gasteiger partial charge is 0.365 e. The molecule has 3 rings (SSSR count). The Labute approximate surface area is 92.1 Å². The van der Waals surface area contributed by atoms with Gasteiger partial charge < -0.3 is 10.3 Å². The summed E-state index contributed by atoms with van der Waals surface area (Å²) in [5.74, 6) is 0.819. The van der Waals surface area contributed by atoms with E-state index in [0.717, 1.165) is 16.9 Å². The van der Waals surface area contributed by atoms with Gasteiger partial charge in [0.1, 0.15) is 5.52 Å². The lowest BCUT2D eigenvalue weighted by Gasteiger charge is -2.27. The van der Waals surface area contributed by atoms with Crippen LogP contribution in [0.25, 0.3) is 11.0 Å². The molecule has 0 atom stereocenters. The fraction of sp³-hybridized carbons (Fsp3) is 0.400. The molecule has 0 spiro atoms. The second kappa shape index (κ2) is 3.38. The van der Waals surface area contributed by atoms with Gasteiger partial charge >= 0.3 is 0 Å². The molecule has 2 N–H and O–H groups in total. The van der Waals surface area contributed by atoms with Crippen LogP contribution in [0.1, 0.15) is 19.3 Å². The first-order valence-corrected chi connectivity index (χ1v) is 5.48. The Bertz CT molecular complexity index is 489. The van der Waals surface area contributed by atoms with Crippen molar-refractivity contribution in [1.29, 1.82) is 0 Å². The maximum absolute atomic E-state index is 5.85. The predicted octanol–water partition coefficient (Wildman–Crippen LogP) is 2.58. The third-order valence-electron chi connectivity index (χ3n) is 2.82. The fourth-order valence-corrected chi connectivity index (χ4v) is 1.94. The average molecular weight is 223 g/mol. The number of hydrogen-bond acceptors (Lipinski definition) is 3. The molecule has 1 saturated carbocycles. The van der Waals surface area contributed by atoms with E-state index in [0.29, 0.717) is 11.3 Å². The molecule has 0 saturated heterocycles. The second-order valence-corrected chi connectivity index (χ2v) is 4.19. The number of fused-ring (bicyclic) bond motifs is 1. The van der Waals surface area contributed by atoms with Crippen LogP contribution >= 0.6 is 11.6 Å². The number of aromatic amines is 1. The van der Waals surface area contributed by atoms with Crippen molar-refractivity contribution in [3.8, 4) is 0 Å². The van der Waals surface area contributed by atoms with E-state index in [1.807, 2.05) is 12.3 Å². The van der Waals surface area contributed by atoms with Crippen LogP contribution < -0.4 is 5.32 Å². The molecule has 1 aliphatic rings. The SMILES string of the molecule is Clc1nc(NC2CCC2)c2[nH]ccc2n1. The minimum absolute atomic E-state index is 0.295. The van der Waals surface area contributed by atoms with Gasteiger partial charge in [0.05, 0.1) is 5.52 Å². The summed E-state index contributed by atoms with van der Waals surface area (Å²) in [4.78, 5) is 11.5. The molecule has 0 aliphatic heterocycles. The minimum atomic E-state index is 0.295. The second-order valence-electron chi connectivity index (χ2n) is 3.85. The van der Waals surface area contributed by atoms with Gasteiger partial charge in [0.2, 0.25) is 5.28 Å². The van der Waals surface area contributed by atoms with Crippen molar-refractivity contribution in [2.24, 2.45) is 0 Å². The summed E-state index contributed by atoms with van der Waals surface area (Å²) in [6.45, 7) is 0. The van der Waals surface area contributed by atoms with Crippen LogP contribution in [0.4, 0.5) is 5.82 Å². The molecule has 2 aromatic heterocycles. The number of anilines is 1. The maximum atomic E-state index is 5.85. The Morgan fingerprint density at radius 3 is 3.00 bits per heavy atom. The third-order valence-corrected chi connectivity index (χ3v) is 2.99. The molecule has 1 aliphatic carbocycles. The van der Waals surface area contributed by atoms with Crippen LogP contribution in [0.5, 0.6) is 0 Å². The maximum Gasteiger partial charge on any atom is 0.225 e. The van der Waals surface area contributed by atoms with E-state index in [9.17, 15) is 0 Å². The lowest BCUT2D eigenvalue weighted by Crippen LogP contribution is -2.27. The van der Waals surface area contributed by atoms with Crippen LogP contribution in [0.3, 0.4) is 0 Å². The summed E-state index contributed by atoms with van der Waals surface area (Å²) >= 11 is 5.85. The summed E-state index contributed by atoms with van der Waals surface area (Å²) in [6.07, 6.45) is 5.57. The highest BCUT2D eigenvalue weighted by atomic mass is 35.5. The minimum Gasteiger partial charge on any atom is -0.365 e. The van der Waals surface area contributed by atoms with Crippen LogP contribution in [-0.2, 0) is 0 Å². The van der Waals surface area contributed by atoms with Gasteiger partial charge in [0.25, 0.3) is 0 Å². The lowest BCUT2D eigenvalue weighted by atomic mass is 9.93. The first kappa shape index (κ1) is 8.97. The molecule has 0 unspecified atom stereocenters. The van der Waals surface area contributed by atoms with E-state index >= 15 is 0 Å². The highest BCUT2D eigenvalue weighted by molar-refractivity contribution is 6.28. The number of nitrogens with zero attached hydrogens (tertiary/aromatic N) is 2. The normalized spacial score (nSPS) is 16.6. The van der Waals surface area contributed by atoms with E-state index in [2.05, 4.69) is 20.3 Å². The monoisotopic (exact) mass is 222 g/mol. The summed E-state index contributed by atoms with van der Waals surface area (Å²) in [5.41, 5.74) is 1.79. The number of rotatable bonds is 2. The number of halogens is 1. The van der Waals surface area contributed by atoms with Crippen molar-refractivity contribution >= 4 is 28.5 Å². The zero-order valence-electron chi connectivity index (χ0n) is 8.13. The van der Waals surface area contributed by atoms with Gasteiger partial charge in [-0.2, -0.15) is 4.98 Å². The van der Waals surface area contributed by atoms with E-state index in [1.165, 1.54) is 19.3 Å². The van der Waals surface area contributed by atoms with Gasteiger partial charge in [-0.25, -0.2) is 4.98 Å². The highest BCUT2D eigenvalue weighted by Crippen LogP contribution is 2.26. The zero-order valence-corrected chi connectivity index (χ0v) is 8.88. The topological polar surface area (TPSA) is 53.6 Å². The fourth-order valence-electron chi connectivity index (χ4n) is 1.77. The molecule has 0 radical (unpaired) electrons. The lowest BCUT2D eigenvalue weighted by molar-refractivity contribution is 0.445. The van der Waals surface area contributed by atoms with Crippen LogP contribution in [0.15, 0.2) is 12.3 Å². The Hall–Kier alpha value is -1.29. The molecular formula is C10H11ClN4. The molecule has 0 amide bonds. The van der Waals surface area contributed by atoms with Crippen molar-refractivity contribution in [2.45, 2.75) is 25.3 Å². The molecule has 4 nitrogen and oxygen atoms in total. The summed E-state index contributed by atoms with van der Waals surface area (Å²) < 4.78 is 0. The molecule has 78 valence electrons. The Balaban J connectivity index is 2.02. The summed E-state index contributed by atoms with van der Waals surface area (Å²) in [6, 6.07) is 2.44. The van der Waals surface area contributed by atoms with E-state index in [4.69, 9.17) is 11.6 Å². The standard InChI is InChI=1S/C10H11ClN4/c11-10-14-7-4-5-12-8(7)9(15-10)13-6-2-1-3-6/h4-6,12H,1-3H2,(H,13,14,15). The van der Waals surface area contributed by atoms with Crippen molar-refractivity contribution < 1.29 is 0 Å². The van der Waals surface area contributed by atoms with Gasteiger partial charge in [-0.1, -0.05) is 0 Å². The van der Waals surface area contributed by atoms with Crippen molar-refractivity contribution in [2.75, 3.05) is 5.32 Å². The molecule has 0 aromatic carbocycles. The first-order valence-electron chi connectivity index (χ1n) is 5.10. The van der Waals surface area contributed by atoms with Gasteiger partial charge in [-0.15, -0.1) is 0 Å². The smallest absolute Gasteiger partial charge is 0.225 e.